The second-order valence-electron chi connectivity index (χ2n) is 7.48. The second-order valence-corrected chi connectivity index (χ2v) is 7.48. The van der Waals surface area contributed by atoms with Gasteiger partial charge in [0.1, 0.15) is 0 Å². The third-order valence-corrected chi connectivity index (χ3v) is 4.96. The van der Waals surface area contributed by atoms with Crippen LogP contribution in [0.15, 0.2) is 18.2 Å². The average molecular weight is 415 g/mol. The SMILES string of the molecule is CCCCCCCCCCCCCCCC(=O)Nc1cc([N+](=O)[O-])ccc1[O-].[Na+]. The molecule has 1 aromatic carbocycles. The first-order chi connectivity index (χ1) is 13.5. The number of benzene rings is 1. The van der Waals surface area contributed by atoms with Crippen molar-refractivity contribution in [2.45, 2.75) is 96.8 Å². The molecule has 0 aliphatic rings. The molecular weight excluding hydrogens is 379 g/mol. The first-order valence-electron chi connectivity index (χ1n) is 10.8. The maximum Gasteiger partial charge on any atom is 1.00 e. The number of nitro benzene ring substituents is 1. The number of carbonyl (C=O) groups excluding carboxylic acids is 1. The van der Waals surface area contributed by atoms with Gasteiger partial charge in [-0.05, 0) is 6.42 Å². The van der Waals surface area contributed by atoms with E-state index >= 15 is 0 Å². The van der Waals surface area contributed by atoms with Crippen molar-refractivity contribution in [2.75, 3.05) is 5.32 Å². The van der Waals surface area contributed by atoms with E-state index in [1.54, 1.807) is 0 Å². The Bertz CT molecular complexity index is 596. The van der Waals surface area contributed by atoms with Gasteiger partial charge in [0.15, 0.2) is 0 Å². The minimum absolute atomic E-state index is 0. The standard InChI is InChI=1S/C22H36N2O4.Na/c1-2-3-4-5-6-7-8-9-10-11-12-13-14-15-22(26)23-20-18-19(24(27)28)16-17-21(20)25;/h16-18,25H,2-15H2,1H3,(H,23,26);/q;+1/p-1. The van der Waals surface area contributed by atoms with Gasteiger partial charge in [0.2, 0.25) is 5.91 Å². The summed E-state index contributed by atoms with van der Waals surface area (Å²) in [5.41, 5.74) is -0.218. The van der Waals surface area contributed by atoms with Crippen molar-refractivity contribution in [1.29, 1.82) is 0 Å². The van der Waals surface area contributed by atoms with Gasteiger partial charge >= 0.3 is 29.6 Å². The summed E-state index contributed by atoms with van der Waals surface area (Å²) in [4.78, 5) is 22.1. The quantitative estimate of drug-likeness (QED) is 0.195. The summed E-state index contributed by atoms with van der Waals surface area (Å²) in [6.45, 7) is 2.24. The molecule has 7 heteroatoms. The molecule has 1 aromatic rings. The van der Waals surface area contributed by atoms with E-state index in [9.17, 15) is 20.0 Å². The number of carbonyl (C=O) groups is 1. The Morgan fingerprint density at radius 1 is 0.897 bits per heavy atom. The molecule has 0 fully saturated rings. The van der Waals surface area contributed by atoms with Crippen LogP contribution < -0.4 is 40.0 Å². The van der Waals surface area contributed by atoms with E-state index in [1.807, 2.05) is 0 Å². The van der Waals surface area contributed by atoms with Crippen LogP contribution in [0.25, 0.3) is 0 Å². The minimum atomic E-state index is -0.582. The molecule has 1 amide bonds. The first-order valence-corrected chi connectivity index (χ1v) is 10.8. The molecule has 1 rings (SSSR count). The number of hydrogen-bond acceptors (Lipinski definition) is 4. The van der Waals surface area contributed by atoms with E-state index in [4.69, 9.17) is 0 Å². The summed E-state index contributed by atoms with van der Waals surface area (Å²) in [5, 5.41) is 24.9. The smallest absolute Gasteiger partial charge is 0.871 e. The first kappa shape index (κ1) is 27.9. The molecule has 0 spiro atoms. The summed E-state index contributed by atoms with van der Waals surface area (Å²) >= 11 is 0. The molecule has 6 nitrogen and oxygen atoms in total. The van der Waals surface area contributed by atoms with Crippen molar-refractivity contribution >= 4 is 17.3 Å². The Morgan fingerprint density at radius 3 is 1.86 bits per heavy atom. The Hall–Kier alpha value is -1.11. The van der Waals surface area contributed by atoms with E-state index < -0.39 is 10.7 Å². The average Bonchev–Trinajstić information content (AvgIpc) is 2.67. The number of nitrogens with one attached hydrogen (secondary N) is 1. The van der Waals surface area contributed by atoms with Crippen molar-refractivity contribution in [3.63, 3.8) is 0 Å². The molecule has 0 bridgehead atoms. The summed E-state index contributed by atoms with van der Waals surface area (Å²) < 4.78 is 0. The van der Waals surface area contributed by atoms with Crippen molar-refractivity contribution in [3.8, 4) is 5.75 Å². The van der Waals surface area contributed by atoms with Gasteiger partial charge in [0.05, 0.1) is 4.92 Å². The predicted octanol–water partition coefficient (Wildman–Crippen LogP) is 3.09. The summed E-state index contributed by atoms with van der Waals surface area (Å²) in [6.07, 6.45) is 16.4. The van der Waals surface area contributed by atoms with Gasteiger partial charge in [-0.15, -0.1) is 0 Å². The van der Waals surface area contributed by atoms with Gasteiger partial charge in [0.25, 0.3) is 5.69 Å². The zero-order valence-electron chi connectivity index (χ0n) is 18.2. The normalized spacial score (nSPS) is 10.4. The van der Waals surface area contributed by atoms with Crippen LogP contribution in [0.4, 0.5) is 11.4 Å². The summed E-state index contributed by atoms with van der Waals surface area (Å²) in [6, 6.07) is 3.37. The van der Waals surface area contributed by atoms with Crippen molar-refractivity contribution in [3.05, 3.63) is 28.3 Å². The zero-order valence-corrected chi connectivity index (χ0v) is 20.2. The topological polar surface area (TPSA) is 95.3 Å². The molecule has 0 saturated carbocycles. The van der Waals surface area contributed by atoms with Gasteiger partial charge in [-0.1, -0.05) is 95.8 Å². The predicted molar refractivity (Wildman–Crippen MR) is 111 cm³/mol. The van der Waals surface area contributed by atoms with E-state index in [-0.39, 0.29) is 46.8 Å². The number of hydrogen-bond donors (Lipinski definition) is 1. The number of nitrogens with zero attached hydrogens (tertiary/aromatic N) is 1. The third-order valence-electron chi connectivity index (χ3n) is 4.96. The fourth-order valence-corrected chi connectivity index (χ4v) is 3.25. The van der Waals surface area contributed by atoms with Crippen LogP contribution in [-0.2, 0) is 4.79 Å². The van der Waals surface area contributed by atoms with Crippen LogP contribution in [0.1, 0.15) is 96.8 Å². The fourth-order valence-electron chi connectivity index (χ4n) is 3.25. The molecule has 0 aromatic heterocycles. The Labute approximate surface area is 197 Å². The number of non-ortho nitro benzene ring substituents is 1. The van der Waals surface area contributed by atoms with Gasteiger partial charge < -0.3 is 10.4 Å². The van der Waals surface area contributed by atoms with Crippen LogP contribution in [0.3, 0.4) is 0 Å². The fraction of sp³-hybridized carbons (Fsp3) is 0.682. The third kappa shape index (κ3) is 13.7. The Morgan fingerprint density at radius 2 is 1.38 bits per heavy atom. The van der Waals surface area contributed by atoms with Crippen LogP contribution in [0.5, 0.6) is 5.75 Å². The largest absolute Gasteiger partial charge is 1.00 e. The Balaban J connectivity index is 0.00000784. The van der Waals surface area contributed by atoms with E-state index in [1.165, 1.54) is 64.2 Å². The zero-order chi connectivity index (χ0) is 20.6. The molecular formula is C22H35N2NaO4. The Kier molecular flexibility index (Phi) is 17.0. The maximum absolute atomic E-state index is 11.9. The molecule has 0 saturated heterocycles. The van der Waals surface area contributed by atoms with Crippen molar-refractivity contribution < 1.29 is 44.4 Å². The van der Waals surface area contributed by atoms with Crippen molar-refractivity contribution in [2.24, 2.45) is 0 Å². The molecule has 158 valence electrons. The molecule has 0 aliphatic carbocycles. The number of anilines is 1. The maximum atomic E-state index is 11.9. The van der Waals surface area contributed by atoms with Crippen LogP contribution in [0, 0.1) is 10.1 Å². The minimum Gasteiger partial charge on any atom is -0.871 e. The number of unbranched alkanes of at least 4 members (excludes halogenated alkanes) is 12. The summed E-state index contributed by atoms with van der Waals surface area (Å²) in [7, 11) is 0. The molecule has 0 heterocycles. The van der Waals surface area contributed by atoms with E-state index in [0.717, 1.165) is 37.5 Å². The molecule has 0 unspecified atom stereocenters. The molecule has 0 atom stereocenters. The van der Waals surface area contributed by atoms with E-state index in [2.05, 4.69) is 12.2 Å². The number of amides is 1. The van der Waals surface area contributed by atoms with Crippen LogP contribution in [-0.4, -0.2) is 10.8 Å². The molecule has 0 aliphatic heterocycles. The van der Waals surface area contributed by atoms with Crippen molar-refractivity contribution in [1.82, 2.24) is 0 Å². The number of nitro groups is 1. The van der Waals surface area contributed by atoms with Gasteiger partial charge in [-0.2, -0.15) is 0 Å². The molecule has 0 radical (unpaired) electrons. The molecule has 1 N–H and O–H groups in total. The summed E-state index contributed by atoms with van der Waals surface area (Å²) in [5.74, 6) is -0.676. The number of rotatable bonds is 16. The van der Waals surface area contributed by atoms with E-state index in [0.29, 0.717) is 6.42 Å². The van der Waals surface area contributed by atoms with Gasteiger partial charge in [-0.25, -0.2) is 0 Å². The van der Waals surface area contributed by atoms with Gasteiger partial charge in [-0.3, -0.25) is 14.9 Å². The van der Waals surface area contributed by atoms with Crippen LogP contribution in [0.2, 0.25) is 0 Å². The second kappa shape index (κ2) is 17.7. The molecule has 29 heavy (non-hydrogen) atoms. The van der Waals surface area contributed by atoms with Gasteiger partial charge in [0, 0.05) is 24.2 Å². The monoisotopic (exact) mass is 414 g/mol. The van der Waals surface area contributed by atoms with Crippen LogP contribution >= 0.6 is 0 Å².